The van der Waals surface area contributed by atoms with Gasteiger partial charge in [-0.05, 0) is 32.0 Å². The Bertz CT molecular complexity index is 1250. The van der Waals surface area contributed by atoms with Gasteiger partial charge in [0.25, 0.3) is 0 Å². The van der Waals surface area contributed by atoms with Crippen molar-refractivity contribution in [1.82, 2.24) is 14.8 Å². The van der Waals surface area contributed by atoms with E-state index in [4.69, 9.17) is 0 Å². The van der Waals surface area contributed by atoms with Gasteiger partial charge in [-0.3, -0.25) is 0 Å². The Hall–Kier alpha value is -3.36. The van der Waals surface area contributed by atoms with E-state index in [0.717, 1.165) is 15.8 Å². The van der Waals surface area contributed by atoms with Crippen LogP contribution in [0.25, 0.3) is 28.0 Å². The molecular weight excluding hydrogens is 420 g/mol. The van der Waals surface area contributed by atoms with Gasteiger partial charge < -0.3 is 0 Å². The highest BCUT2D eigenvalue weighted by molar-refractivity contribution is 5.95. The maximum absolute atomic E-state index is 13.9. The third-order valence-corrected chi connectivity index (χ3v) is 4.84. The van der Waals surface area contributed by atoms with Crippen molar-refractivity contribution in [3.05, 3.63) is 77.0 Å². The van der Waals surface area contributed by atoms with Crippen molar-refractivity contribution in [3.8, 4) is 16.9 Å². The summed E-state index contributed by atoms with van der Waals surface area (Å²) in [6.45, 7) is 3.62. The van der Waals surface area contributed by atoms with E-state index in [0.29, 0.717) is 11.3 Å². The largest absolute Gasteiger partial charge is 0.433 e. The number of pyridine rings is 1. The number of rotatable bonds is 2. The Labute approximate surface area is 173 Å². The van der Waals surface area contributed by atoms with Crippen molar-refractivity contribution in [2.75, 3.05) is 0 Å². The molecule has 0 bridgehead atoms. The summed E-state index contributed by atoms with van der Waals surface area (Å²) >= 11 is 0. The van der Waals surface area contributed by atoms with Crippen LogP contribution in [0.5, 0.6) is 0 Å². The van der Waals surface area contributed by atoms with Gasteiger partial charge in [0.2, 0.25) is 0 Å². The van der Waals surface area contributed by atoms with Gasteiger partial charge in [0.05, 0.1) is 16.6 Å². The number of fused-ring (bicyclic) bond motifs is 1. The molecule has 4 rings (SSSR count). The van der Waals surface area contributed by atoms with Crippen LogP contribution in [-0.2, 0) is 12.4 Å². The molecule has 2 aromatic heterocycles. The first kappa shape index (κ1) is 20.9. The number of hydrogen-bond donors (Lipinski definition) is 0. The van der Waals surface area contributed by atoms with Gasteiger partial charge in [0.15, 0.2) is 5.65 Å². The van der Waals surface area contributed by atoms with Crippen LogP contribution in [0.3, 0.4) is 0 Å². The molecule has 31 heavy (non-hydrogen) atoms. The maximum Gasteiger partial charge on any atom is 0.433 e. The molecule has 0 aliphatic heterocycles. The Morgan fingerprint density at radius 3 is 1.81 bits per heavy atom. The average molecular weight is 435 g/mol. The van der Waals surface area contributed by atoms with Crippen molar-refractivity contribution in [1.29, 1.82) is 0 Å². The fourth-order valence-electron chi connectivity index (χ4n) is 3.26. The fourth-order valence-corrected chi connectivity index (χ4v) is 3.26. The molecule has 0 saturated carbocycles. The Kier molecular flexibility index (Phi) is 4.79. The van der Waals surface area contributed by atoms with Crippen LogP contribution in [0.15, 0.2) is 54.6 Å². The molecule has 0 N–H and O–H groups in total. The van der Waals surface area contributed by atoms with E-state index in [1.165, 1.54) is 0 Å². The molecule has 3 nitrogen and oxygen atoms in total. The van der Waals surface area contributed by atoms with Crippen LogP contribution in [0.4, 0.5) is 26.3 Å². The number of nitrogens with zero attached hydrogens (tertiary/aromatic N) is 3. The van der Waals surface area contributed by atoms with E-state index in [2.05, 4.69) is 10.1 Å². The van der Waals surface area contributed by atoms with E-state index < -0.39 is 34.6 Å². The van der Waals surface area contributed by atoms with Crippen LogP contribution in [-0.4, -0.2) is 14.8 Å². The number of alkyl halides is 6. The van der Waals surface area contributed by atoms with Gasteiger partial charge in [-0.25, -0.2) is 9.67 Å². The minimum atomic E-state index is -5.05. The highest BCUT2D eigenvalue weighted by Gasteiger charge is 2.41. The molecule has 0 radical (unpaired) electrons. The summed E-state index contributed by atoms with van der Waals surface area (Å²) in [6, 6.07) is 13.1. The van der Waals surface area contributed by atoms with Crippen molar-refractivity contribution in [2.45, 2.75) is 26.2 Å². The van der Waals surface area contributed by atoms with Gasteiger partial charge in [-0.2, -0.15) is 31.4 Å². The Morgan fingerprint density at radius 2 is 1.29 bits per heavy atom. The smallest absolute Gasteiger partial charge is 0.223 e. The quantitative estimate of drug-likeness (QED) is 0.327. The van der Waals surface area contributed by atoms with Crippen LogP contribution < -0.4 is 0 Å². The lowest BCUT2D eigenvalue weighted by atomic mass is 10.0. The normalized spacial score (nSPS) is 12.5. The number of hydrogen-bond acceptors (Lipinski definition) is 2. The molecule has 0 aliphatic rings. The third kappa shape index (κ3) is 3.87. The summed E-state index contributed by atoms with van der Waals surface area (Å²) in [4.78, 5) is 3.56. The van der Waals surface area contributed by atoms with E-state index in [-0.39, 0.29) is 11.8 Å². The van der Waals surface area contributed by atoms with Gasteiger partial charge in [0, 0.05) is 5.56 Å². The third-order valence-electron chi connectivity index (χ3n) is 4.84. The zero-order chi connectivity index (χ0) is 22.6. The van der Waals surface area contributed by atoms with E-state index in [1.807, 2.05) is 13.8 Å². The molecule has 0 unspecified atom stereocenters. The van der Waals surface area contributed by atoms with E-state index in [1.54, 1.807) is 48.5 Å². The van der Waals surface area contributed by atoms with Gasteiger partial charge in [-0.15, -0.1) is 0 Å². The van der Waals surface area contributed by atoms with Crippen molar-refractivity contribution in [2.24, 2.45) is 0 Å². The minimum absolute atomic E-state index is 0.0428. The van der Waals surface area contributed by atoms with Gasteiger partial charge in [0.1, 0.15) is 11.4 Å². The molecule has 0 fully saturated rings. The molecule has 0 saturated heterocycles. The standard InChI is InChI=1S/C22H15F6N3/c1-12-3-7-14(8-4-12)19-18-16(21(23,24)25)11-17(22(26,27)28)29-20(18)31(30-19)15-9-5-13(2)6-10-15/h3-11H,1-2H3. The maximum atomic E-state index is 13.9. The van der Waals surface area contributed by atoms with Crippen molar-refractivity contribution < 1.29 is 26.3 Å². The summed E-state index contributed by atoms with van der Waals surface area (Å²) in [5.74, 6) is 0. The molecule has 0 atom stereocenters. The number of benzene rings is 2. The van der Waals surface area contributed by atoms with Crippen LogP contribution in [0.1, 0.15) is 22.4 Å². The topological polar surface area (TPSA) is 30.7 Å². The van der Waals surface area contributed by atoms with E-state index in [9.17, 15) is 26.3 Å². The zero-order valence-corrected chi connectivity index (χ0v) is 16.3. The van der Waals surface area contributed by atoms with Crippen LogP contribution in [0, 0.1) is 13.8 Å². The fraction of sp³-hybridized carbons (Fsp3) is 0.182. The molecule has 0 spiro atoms. The Morgan fingerprint density at radius 1 is 0.742 bits per heavy atom. The predicted molar refractivity (Wildman–Crippen MR) is 104 cm³/mol. The number of aryl methyl sites for hydroxylation is 2. The number of aromatic nitrogens is 3. The van der Waals surface area contributed by atoms with Gasteiger partial charge >= 0.3 is 12.4 Å². The van der Waals surface area contributed by atoms with Gasteiger partial charge in [-0.1, -0.05) is 47.5 Å². The second-order valence-electron chi connectivity index (χ2n) is 7.21. The molecule has 0 aliphatic carbocycles. The predicted octanol–water partition coefficient (Wildman–Crippen LogP) is 6.74. The summed E-state index contributed by atoms with van der Waals surface area (Å²) in [7, 11) is 0. The van der Waals surface area contributed by atoms with Crippen molar-refractivity contribution >= 4 is 11.0 Å². The van der Waals surface area contributed by atoms with Crippen LogP contribution in [0.2, 0.25) is 0 Å². The lowest BCUT2D eigenvalue weighted by molar-refractivity contribution is -0.144. The van der Waals surface area contributed by atoms with Crippen LogP contribution >= 0.6 is 0 Å². The molecule has 9 heteroatoms. The number of halogens is 6. The zero-order valence-electron chi connectivity index (χ0n) is 16.3. The molecule has 2 aromatic carbocycles. The first-order chi connectivity index (χ1) is 14.4. The summed E-state index contributed by atoms with van der Waals surface area (Å²) in [5.41, 5.74) is -1.28. The molecular formula is C22H15F6N3. The van der Waals surface area contributed by atoms with Crippen molar-refractivity contribution in [3.63, 3.8) is 0 Å². The first-order valence-corrected chi connectivity index (χ1v) is 9.17. The summed E-state index contributed by atoms with van der Waals surface area (Å²) in [5, 5.41) is 3.79. The molecule has 160 valence electrons. The average Bonchev–Trinajstić information content (AvgIpc) is 3.06. The highest BCUT2D eigenvalue weighted by atomic mass is 19.4. The molecule has 2 heterocycles. The lowest BCUT2D eigenvalue weighted by Crippen LogP contribution is -2.14. The Balaban J connectivity index is 2.14. The summed E-state index contributed by atoms with van der Waals surface area (Å²) in [6.07, 6.45) is -10.1. The second kappa shape index (κ2) is 7.11. The molecule has 0 amide bonds. The van der Waals surface area contributed by atoms with E-state index >= 15 is 0 Å². The monoisotopic (exact) mass is 435 g/mol. The second-order valence-corrected chi connectivity index (χ2v) is 7.21. The minimum Gasteiger partial charge on any atom is -0.223 e. The SMILES string of the molecule is Cc1ccc(-c2nn(-c3ccc(C)cc3)c3nc(C(F)(F)F)cc(C(F)(F)F)c23)cc1. The first-order valence-electron chi connectivity index (χ1n) is 9.17. The highest BCUT2D eigenvalue weighted by Crippen LogP contribution is 2.42. The molecule has 4 aromatic rings. The summed E-state index contributed by atoms with van der Waals surface area (Å²) < 4.78 is 82.8. The lowest BCUT2D eigenvalue weighted by Gasteiger charge is -2.13.